The lowest BCUT2D eigenvalue weighted by Crippen LogP contribution is -2.38. The standard InChI is InChI=1S/C32H22ClN3O2S/c1-22-12-18-27(19-13-22)39(37,38)36-31(24-10-6-3-7-11-24)28(20-34)30(23-8-4-2-5-9-23)29(21-35)32(36)25-14-16-26(33)17-15-25/h2-19,31H,1H3. The minimum absolute atomic E-state index is 0.0539. The summed E-state index contributed by atoms with van der Waals surface area (Å²) in [6, 6.07) is 34.8. The van der Waals surface area contributed by atoms with E-state index in [0.29, 0.717) is 27.3 Å². The van der Waals surface area contributed by atoms with Crippen molar-refractivity contribution in [3.8, 4) is 12.1 Å². The van der Waals surface area contributed by atoms with Gasteiger partial charge in [0.2, 0.25) is 0 Å². The van der Waals surface area contributed by atoms with Crippen molar-refractivity contribution < 1.29 is 8.42 Å². The topological polar surface area (TPSA) is 85.0 Å². The van der Waals surface area contributed by atoms with Crippen molar-refractivity contribution in [1.82, 2.24) is 4.31 Å². The van der Waals surface area contributed by atoms with E-state index >= 15 is 0 Å². The van der Waals surface area contributed by atoms with E-state index in [0.717, 1.165) is 5.56 Å². The quantitative estimate of drug-likeness (QED) is 0.262. The van der Waals surface area contributed by atoms with Crippen molar-refractivity contribution in [2.45, 2.75) is 17.9 Å². The van der Waals surface area contributed by atoms with Gasteiger partial charge in [0.25, 0.3) is 10.0 Å². The summed E-state index contributed by atoms with van der Waals surface area (Å²) in [6.45, 7) is 1.87. The van der Waals surface area contributed by atoms with Crippen LogP contribution in [0.1, 0.15) is 28.3 Å². The Balaban J connectivity index is 1.94. The van der Waals surface area contributed by atoms with E-state index in [1.165, 1.54) is 4.31 Å². The molecule has 0 saturated heterocycles. The number of aryl methyl sites for hydroxylation is 1. The number of allylic oxidation sites excluding steroid dienone is 2. The fraction of sp³-hybridized carbons (Fsp3) is 0.0625. The highest BCUT2D eigenvalue weighted by atomic mass is 35.5. The Morgan fingerprint density at radius 2 is 1.33 bits per heavy atom. The van der Waals surface area contributed by atoms with Crippen molar-refractivity contribution in [2.24, 2.45) is 0 Å². The molecule has 190 valence electrons. The molecule has 1 atom stereocenters. The summed E-state index contributed by atoms with van der Waals surface area (Å²) in [5.74, 6) is 0. The number of halogens is 1. The summed E-state index contributed by atoms with van der Waals surface area (Å²) < 4.78 is 30.3. The average molecular weight is 548 g/mol. The molecule has 0 saturated carbocycles. The van der Waals surface area contributed by atoms with E-state index in [1.54, 1.807) is 72.8 Å². The Kier molecular flexibility index (Phi) is 7.09. The van der Waals surface area contributed by atoms with Crippen LogP contribution in [-0.2, 0) is 10.0 Å². The van der Waals surface area contributed by atoms with Crippen LogP contribution in [0.2, 0.25) is 5.02 Å². The molecule has 0 N–H and O–H groups in total. The van der Waals surface area contributed by atoms with Gasteiger partial charge in [-0.05, 0) is 42.3 Å². The zero-order valence-electron chi connectivity index (χ0n) is 20.9. The van der Waals surface area contributed by atoms with Gasteiger partial charge in [-0.3, -0.25) is 4.31 Å². The number of nitrogens with zero attached hydrogens (tertiary/aromatic N) is 3. The average Bonchev–Trinajstić information content (AvgIpc) is 2.97. The highest BCUT2D eigenvalue weighted by Gasteiger charge is 2.44. The monoisotopic (exact) mass is 547 g/mol. The summed E-state index contributed by atoms with van der Waals surface area (Å²) in [5.41, 5.74) is 3.46. The van der Waals surface area contributed by atoms with Gasteiger partial charge in [0.05, 0.1) is 27.8 Å². The van der Waals surface area contributed by atoms with Gasteiger partial charge in [0, 0.05) is 16.2 Å². The van der Waals surface area contributed by atoms with Crippen LogP contribution in [0.15, 0.2) is 125 Å². The number of sulfonamides is 1. The van der Waals surface area contributed by atoms with Gasteiger partial charge >= 0.3 is 0 Å². The van der Waals surface area contributed by atoms with Crippen molar-refractivity contribution >= 4 is 32.9 Å². The van der Waals surface area contributed by atoms with Crippen LogP contribution in [0.25, 0.3) is 11.3 Å². The second kappa shape index (κ2) is 10.6. The Bertz CT molecular complexity index is 1780. The molecule has 0 radical (unpaired) electrons. The van der Waals surface area contributed by atoms with Gasteiger partial charge in [-0.25, -0.2) is 8.42 Å². The van der Waals surface area contributed by atoms with E-state index in [2.05, 4.69) is 12.1 Å². The highest BCUT2D eigenvalue weighted by Crippen LogP contribution is 2.50. The maximum atomic E-state index is 14.5. The fourth-order valence-corrected chi connectivity index (χ4v) is 6.55. The first-order valence-electron chi connectivity index (χ1n) is 12.1. The van der Waals surface area contributed by atoms with Crippen LogP contribution in [-0.4, -0.2) is 12.7 Å². The molecule has 4 aromatic carbocycles. The third-order valence-electron chi connectivity index (χ3n) is 6.59. The minimum atomic E-state index is -4.27. The second-order valence-corrected chi connectivity index (χ2v) is 11.3. The number of nitriles is 2. The molecule has 0 bridgehead atoms. The van der Waals surface area contributed by atoms with Crippen molar-refractivity contribution in [1.29, 1.82) is 10.5 Å². The molecule has 1 heterocycles. The predicted molar refractivity (Wildman–Crippen MR) is 152 cm³/mol. The smallest absolute Gasteiger partial charge is 0.252 e. The summed E-state index contributed by atoms with van der Waals surface area (Å²) in [6.07, 6.45) is 0. The molecule has 0 fully saturated rings. The third kappa shape index (κ3) is 4.73. The first-order chi connectivity index (χ1) is 18.9. The molecule has 0 aromatic heterocycles. The van der Waals surface area contributed by atoms with Crippen LogP contribution < -0.4 is 0 Å². The van der Waals surface area contributed by atoms with Gasteiger partial charge in [0.15, 0.2) is 0 Å². The third-order valence-corrected chi connectivity index (χ3v) is 8.62. The predicted octanol–water partition coefficient (Wildman–Crippen LogP) is 7.31. The molecular weight excluding hydrogens is 526 g/mol. The van der Waals surface area contributed by atoms with E-state index in [4.69, 9.17) is 11.6 Å². The van der Waals surface area contributed by atoms with Crippen molar-refractivity contribution in [2.75, 3.05) is 0 Å². The van der Waals surface area contributed by atoms with E-state index < -0.39 is 16.1 Å². The summed E-state index contributed by atoms with van der Waals surface area (Å²) in [4.78, 5) is 0.0539. The highest BCUT2D eigenvalue weighted by molar-refractivity contribution is 7.89. The van der Waals surface area contributed by atoms with Gasteiger partial charge in [-0.2, -0.15) is 10.5 Å². The minimum Gasteiger partial charge on any atom is -0.252 e. The molecule has 4 aromatic rings. The lowest BCUT2D eigenvalue weighted by atomic mass is 9.82. The van der Waals surface area contributed by atoms with Crippen molar-refractivity contribution in [3.05, 3.63) is 148 Å². The first-order valence-corrected chi connectivity index (χ1v) is 13.9. The summed E-state index contributed by atoms with van der Waals surface area (Å²) in [5, 5.41) is 21.6. The molecule has 5 rings (SSSR count). The van der Waals surface area contributed by atoms with E-state index in [-0.39, 0.29) is 21.7 Å². The number of hydrogen-bond donors (Lipinski definition) is 0. The molecule has 1 aliphatic heterocycles. The zero-order valence-corrected chi connectivity index (χ0v) is 22.5. The number of rotatable bonds is 5. The lowest BCUT2D eigenvalue weighted by Gasteiger charge is -2.39. The number of benzene rings is 4. The zero-order chi connectivity index (χ0) is 27.6. The molecule has 1 aliphatic rings. The Hall–Kier alpha value is -4.62. The Morgan fingerprint density at radius 1 is 0.744 bits per heavy atom. The summed E-state index contributed by atoms with van der Waals surface area (Å²) in [7, 11) is -4.27. The molecule has 1 unspecified atom stereocenters. The molecule has 0 aliphatic carbocycles. The van der Waals surface area contributed by atoms with Crippen LogP contribution in [0.3, 0.4) is 0 Å². The molecule has 5 nitrogen and oxygen atoms in total. The van der Waals surface area contributed by atoms with Crippen LogP contribution in [0.5, 0.6) is 0 Å². The van der Waals surface area contributed by atoms with E-state index in [9.17, 15) is 18.9 Å². The Morgan fingerprint density at radius 3 is 1.90 bits per heavy atom. The molecule has 39 heavy (non-hydrogen) atoms. The van der Waals surface area contributed by atoms with Gasteiger partial charge in [-0.1, -0.05) is 102 Å². The Labute approximate surface area is 233 Å². The summed E-state index contributed by atoms with van der Waals surface area (Å²) >= 11 is 6.19. The van der Waals surface area contributed by atoms with Crippen LogP contribution >= 0.6 is 11.6 Å². The molecule has 0 spiro atoms. The van der Waals surface area contributed by atoms with Gasteiger partial charge in [-0.15, -0.1) is 0 Å². The normalized spacial score (nSPS) is 15.6. The maximum Gasteiger partial charge on any atom is 0.265 e. The number of hydrogen-bond acceptors (Lipinski definition) is 4. The van der Waals surface area contributed by atoms with Gasteiger partial charge < -0.3 is 0 Å². The molecule has 0 amide bonds. The van der Waals surface area contributed by atoms with Crippen molar-refractivity contribution in [3.63, 3.8) is 0 Å². The molecular formula is C32H22ClN3O2S. The second-order valence-electron chi connectivity index (χ2n) is 9.04. The fourth-order valence-electron chi connectivity index (χ4n) is 4.78. The molecule has 7 heteroatoms. The maximum absolute atomic E-state index is 14.5. The van der Waals surface area contributed by atoms with Crippen LogP contribution in [0, 0.1) is 29.6 Å². The van der Waals surface area contributed by atoms with Gasteiger partial charge in [0.1, 0.15) is 12.1 Å². The van der Waals surface area contributed by atoms with E-state index in [1.807, 2.05) is 43.3 Å². The first kappa shape index (κ1) is 26.0. The van der Waals surface area contributed by atoms with Crippen LogP contribution in [0.4, 0.5) is 0 Å². The SMILES string of the molecule is Cc1ccc(S(=O)(=O)N2C(c3ccc(Cl)cc3)=C(C#N)C(c3ccccc3)=C(C#N)C2c2ccccc2)cc1. The largest absolute Gasteiger partial charge is 0.265 e. The lowest BCUT2D eigenvalue weighted by molar-refractivity contribution is 0.461.